The molecule has 0 aliphatic carbocycles. The molecule has 1 aliphatic rings. The van der Waals surface area contributed by atoms with Gasteiger partial charge in [0.15, 0.2) is 5.76 Å². The fourth-order valence-corrected chi connectivity index (χ4v) is 2.79. The number of carbonyl (C=O) groups excluding carboxylic acids is 2. The van der Waals surface area contributed by atoms with Gasteiger partial charge >= 0.3 is 0 Å². The second-order valence-corrected chi connectivity index (χ2v) is 5.69. The number of hydrogen-bond acceptors (Lipinski definition) is 4. The Labute approximate surface area is 141 Å². The summed E-state index contributed by atoms with van der Waals surface area (Å²) in [6.45, 7) is 3.39. The second-order valence-electron chi connectivity index (χ2n) is 5.69. The van der Waals surface area contributed by atoms with Crippen molar-refractivity contribution in [3.8, 4) is 0 Å². The third kappa shape index (κ3) is 3.95. The van der Waals surface area contributed by atoms with E-state index in [9.17, 15) is 9.59 Å². The van der Waals surface area contributed by atoms with Gasteiger partial charge in [-0.3, -0.25) is 9.59 Å². The van der Waals surface area contributed by atoms with Crippen molar-refractivity contribution in [3.63, 3.8) is 0 Å². The maximum atomic E-state index is 12.2. The Balaban J connectivity index is 1.40. The zero-order chi connectivity index (χ0) is 16.8. The van der Waals surface area contributed by atoms with Crippen LogP contribution in [0.4, 0.5) is 5.69 Å². The minimum Gasteiger partial charge on any atom is -0.459 e. The average molecular weight is 327 g/mol. The number of para-hydroxylation sites is 1. The highest BCUT2D eigenvalue weighted by molar-refractivity contribution is 5.91. The second kappa shape index (κ2) is 7.68. The van der Waals surface area contributed by atoms with Crippen LogP contribution >= 0.6 is 0 Å². The van der Waals surface area contributed by atoms with E-state index >= 15 is 0 Å². The Hall–Kier alpha value is -2.76. The first-order chi connectivity index (χ1) is 11.7. The molecule has 1 fully saturated rings. The van der Waals surface area contributed by atoms with Gasteiger partial charge in [0.2, 0.25) is 5.91 Å². The zero-order valence-electron chi connectivity index (χ0n) is 13.5. The van der Waals surface area contributed by atoms with Crippen molar-refractivity contribution in [3.05, 3.63) is 54.5 Å². The summed E-state index contributed by atoms with van der Waals surface area (Å²) >= 11 is 0. The van der Waals surface area contributed by atoms with Crippen LogP contribution in [-0.4, -0.2) is 49.4 Å². The summed E-state index contributed by atoms with van der Waals surface area (Å²) in [7, 11) is 0. The summed E-state index contributed by atoms with van der Waals surface area (Å²) < 4.78 is 5.01. The Kier molecular flexibility index (Phi) is 5.15. The molecule has 24 heavy (non-hydrogen) atoms. The van der Waals surface area contributed by atoms with Crippen molar-refractivity contribution in [2.75, 3.05) is 37.6 Å². The number of furan rings is 1. The lowest BCUT2D eigenvalue weighted by molar-refractivity contribution is -0.131. The Morgan fingerprint density at radius 1 is 1.00 bits per heavy atom. The molecule has 1 aromatic heterocycles. The summed E-state index contributed by atoms with van der Waals surface area (Å²) in [6.07, 6.45) is 1.75. The molecule has 0 saturated carbocycles. The van der Waals surface area contributed by atoms with Gasteiger partial charge in [-0.15, -0.1) is 0 Å². The summed E-state index contributed by atoms with van der Waals surface area (Å²) in [5.74, 6) is 0.0445. The van der Waals surface area contributed by atoms with Crippen LogP contribution in [0.2, 0.25) is 0 Å². The van der Waals surface area contributed by atoms with Crippen molar-refractivity contribution < 1.29 is 14.0 Å². The number of hydrogen-bond donors (Lipinski definition) is 1. The minimum atomic E-state index is -0.290. The largest absolute Gasteiger partial charge is 0.459 e. The number of piperazine rings is 1. The van der Waals surface area contributed by atoms with E-state index in [1.165, 1.54) is 12.0 Å². The first kappa shape index (κ1) is 16.1. The molecule has 1 aliphatic heterocycles. The fourth-order valence-electron chi connectivity index (χ4n) is 2.79. The Morgan fingerprint density at radius 3 is 2.42 bits per heavy atom. The van der Waals surface area contributed by atoms with Crippen molar-refractivity contribution in [2.24, 2.45) is 0 Å². The van der Waals surface area contributed by atoms with Crippen molar-refractivity contribution in [1.29, 1.82) is 0 Å². The molecule has 0 radical (unpaired) electrons. The van der Waals surface area contributed by atoms with Gasteiger partial charge in [-0.2, -0.15) is 0 Å². The molecule has 126 valence electrons. The first-order valence-electron chi connectivity index (χ1n) is 8.13. The smallest absolute Gasteiger partial charge is 0.286 e. The van der Waals surface area contributed by atoms with E-state index in [1.54, 1.807) is 12.1 Å². The molecule has 1 aromatic carbocycles. The van der Waals surface area contributed by atoms with E-state index in [-0.39, 0.29) is 17.6 Å². The van der Waals surface area contributed by atoms with E-state index in [1.807, 2.05) is 23.1 Å². The van der Waals surface area contributed by atoms with E-state index < -0.39 is 0 Å². The zero-order valence-corrected chi connectivity index (χ0v) is 13.5. The number of rotatable bonds is 5. The third-order valence-electron chi connectivity index (χ3n) is 4.12. The van der Waals surface area contributed by atoms with Gasteiger partial charge in [0, 0.05) is 44.8 Å². The predicted molar refractivity (Wildman–Crippen MR) is 90.9 cm³/mol. The van der Waals surface area contributed by atoms with Crippen LogP contribution in [0.3, 0.4) is 0 Å². The van der Waals surface area contributed by atoms with E-state index in [2.05, 4.69) is 22.3 Å². The van der Waals surface area contributed by atoms with Crippen molar-refractivity contribution >= 4 is 17.5 Å². The molecule has 2 heterocycles. The summed E-state index contributed by atoms with van der Waals surface area (Å²) in [5.41, 5.74) is 1.19. The maximum Gasteiger partial charge on any atom is 0.286 e. The van der Waals surface area contributed by atoms with Crippen LogP contribution in [0.5, 0.6) is 0 Å². The van der Waals surface area contributed by atoms with Gasteiger partial charge in [-0.1, -0.05) is 18.2 Å². The van der Waals surface area contributed by atoms with Gasteiger partial charge in [0.05, 0.1) is 6.26 Å². The molecule has 0 spiro atoms. The van der Waals surface area contributed by atoms with E-state index in [4.69, 9.17) is 4.42 Å². The Bertz CT molecular complexity index is 662. The maximum absolute atomic E-state index is 12.2. The van der Waals surface area contributed by atoms with Crippen LogP contribution in [-0.2, 0) is 4.79 Å². The number of anilines is 1. The monoisotopic (exact) mass is 327 g/mol. The normalized spacial score (nSPS) is 14.5. The number of benzene rings is 1. The molecule has 6 nitrogen and oxygen atoms in total. The summed E-state index contributed by atoms with van der Waals surface area (Å²) in [5, 5.41) is 2.70. The lowest BCUT2D eigenvalue weighted by Crippen LogP contribution is -2.49. The van der Waals surface area contributed by atoms with Gasteiger partial charge in [0.25, 0.3) is 5.91 Å². The topological polar surface area (TPSA) is 65.8 Å². The molecule has 0 bridgehead atoms. The standard InChI is InChI=1S/C18H21N3O3/c22-17(8-9-19-18(23)16-7-4-14-24-16)21-12-10-20(11-13-21)15-5-2-1-3-6-15/h1-7,14H,8-13H2,(H,19,23). The molecule has 0 unspecified atom stereocenters. The van der Waals surface area contributed by atoms with E-state index in [0.29, 0.717) is 26.1 Å². The van der Waals surface area contributed by atoms with Gasteiger partial charge in [0.1, 0.15) is 0 Å². The number of amides is 2. The first-order valence-corrected chi connectivity index (χ1v) is 8.13. The van der Waals surface area contributed by atoms with Crippen LogP contribution in [0.1, 0.15) is 17.0 Å². The average Bonchev–Trinajstić information content (AvgIpc) is 3.17. The summed E-state index contributed by atoms with van der Waals surface area (Å²) in [4.78, 5) is 28.1. The molecule has 1 saturated heterocycles. The molecule has 6 heteroatoms. The summed E-state index contributed by atoms with van der Waals surface area (Å²) in [6, 6.07) is 13.5. The van der Waals surface area contributed by atoms with Gasteiger partial charge in [-0.05, 0) is 24.3 Å². The van der Waals surface area contributed by atoms with Crippen LogP contribution in [0.15, 0.2) is 53.1 Å². The SMILES string of the molecule is O=C(NCCC(=O)N1CCN(c2ccccc2)CC1)c1ccco1. The predicted octanol–water partition coefficient (Wildman–Crippen LogP) is 1.75. The van der Waals surface area contributed by atoms with Crippen molar-refractivity contribution in [1.82, 2.24) is 10.2 Å². The quantitative estimate of drug-likeness (QED) is 0.908. The number of carbonyl (C=O) groups is 2. The molecular formula is C18H21N3O3. The third-order valence-corrected chi connectivity index (χ3v) is 4.12. The molecule has 2 amide bonds. The molecular weight excluding hydrogens is 306 g/mol. The molecule has 2 aromatic rings. The highest BCUT2D eigenvalue weighted by Gasteiger charge is 2.21. The van der Waals surface area contributed by atoms with Crippen LogP contribution in [0.25, 0.3) is 0 Å². The van der Waals surface area contributed by atoms with Crippen LogP contribution < -0.4 is 10.2 Å². The number of nitrogens with one attached hydrogen (secondary N) is 1. The highest BCUT2D eigenvalue weighted by Crippen LogP contribution is 2.15. The van der Waals surface area contributed by atoms with Gasteiger partial charge < -0.3 is 19.5 Å². The molecule has 0 atom stereocenters. The Morgan fingerprint density at radius 2 is 1.75 bits per heavy atom. The minimum absolute atomic E-state index is 0.0717. The lowest BCUT2D eigenvalue weighted by Gasteiger charge is -2.36. The lowest BCUT2D eigenvalue weighted by atomic mass is 10.2. The highest BCUT2D eigenvalue weighted by atomic mass is 16.3. The molecule has 3 rings (SSSR count). The van der Waals surface area contributed by atoms with E-state index in [0.717, 1.165) is 13.1 Å². The fraction of sp³-hybridized carbons (Fsp3) is 0.333. The van der Waals surface area contributed by atoms with Crippen molar-refractivity contribution in [2.45, 2.75) is 6.42 Å². The van der Waals surface area contributed by atoms with Gasteiger partial charge in [-0.25, -0.2) is 0 Å². The molecule has 1 N–H and O–H groups in total. The number of nitrogens with zero attached hydrogens (tertiary/aromatic N) is 2. The van der Waals surface area contributed by atoms with Crippen LogP contribution in [0, 0.1) is 0 Å².